The van der Waals surface area contributed by atoms with Crippen molar-refractivity contribution < 1.29 is 23.9 Å². The first-order chi connectivity index (χ1) is 15.3. The van der Waals surface area contributed by atoms with Crippen LogP contribution >= 0.6 is 0 Å². The summed E-state index contributed by atoms with van der Waals surface area (Å²) in [5.41, 5.74) is 4.59. The average Bonchev–Trinajstić information content (AvgIpc) is 2.77. The number of halogens is 1. The van der Waals surface area contributed by atoms with E-state index in [9.17, 15) is 23.9 Å². The first kappa shape index (κ1) is 22.2. The predicted molar refractivity (Wildman–Crippen MR) is 119 cm³/mol. The maximum atomic E-state index is 13.6. The quantitative estimate of drug-likeness (QED) is 0.268. The van der Waals surface area contributed by atoms with Crippen LogP contribution in [0.2, 0.25) is 0 Å². The molecule has 2 amide bonds. The molecule has 0 heterocycles. The Morgan fingerprint density at radius 1 is 0.906 bits per heavy atom. The summed E-state index contributed by atoms with van der Waals surface area (Å²) < 4.78 is 13.6. The van der Waals surface area contributed by atoms with Gasteiger partial charge in [0.15, 0.2) is 0 Å². The summed E-state index contributed by atoms with van der Waals surface area (Å²) in [6.45, 7) is 1.91. The summed E-state index contributed by atoms with van der Waals surface area (Å²) in [6.07, 6.45) is 1.21. The normalized spacial score (nSPS) is 10.6. The van der Waals surface area contributed by atoms with Crippen molar-refractivity contribution in [3.8, 4) is 0 Å². The van der Waals surface area contributed by atoms with E-state index in [1.54, 1.807) is 6.07 Å². The van der Waals surface area contributed by atoms with Gasteiger partial charge in [0.1, 0.15) is 5.82 Å². The third-order valence-corrected chi connectivity index (χ3v) is 4.41. The highest BCUT2D eigenvalue weighted by Gasteiger charge is 2.15. The van der Waals surface area contributed by atoms with E-state index in [0.717, 1.165) is 17.3 Å². The second kappa shape index (κ2) is 9.98. The van der Waals surface area contributed by atoms with Gasteiger partial charge in [-0.15, -0.1) is 0 Å². The Kier molecular flexibility index (Phi) is 6.92. The maximum absolute atomic E-state index is 13.6. The highest BCUT2D eigenvalue weighted by Crippen LogP contribution is 2.23. The van der Waals surface area contributed by atoms with Crippen LogP contribution in [0.1, 0.15) is 21.5 Å². The number of para-hydroxylation sites is 2. The Morgan fingerprint density at radius 2 is 1.59 bits per heavy atom. The zero-order valence-electron chi connectivity index (χ0n) is 16.9. The Morgan fingerprint density at radius 3 is 2.28 bits per heavy atom. The minimum absolute atomic E-state index is 0.0189. The first-order valence-electron chi connectivity index (χ1n) is 9.44. The predicted octanol–water partition coefficient (Wildman–Crippen LogP) is 3.66. The van der Waals surface area contributed by atoms with Gasteiger partial charge >= 0.3 is 17.8 Å². The number of anilines is 3. The molecule has 0 aliphatic carbocycles. The number of hydrogen-bond donors (Lipinski definition) is 4. The van der Waals surface area contributed by atoms with E-state index in [4.69, 9.17) is 0 Å². The van der Waals surface area contributed by atoms with Gasteiger partial charge in [-0.05, 0) is 48.9 Å². The molecule has 0 aliphatic rings. The van der Waals surface area contributed by atoms with E-state index in [0.29, 0.717) is 11.3 Å². The van der Waals surface area contributed by atoms with E-state index in [1.165, 1.54) is 36.5 Å². The Bertz CT molecular complexity index is 1210. The van der Waals surface area contributed by atoms with Gasteiger partial charge in [-0.1, -0.05) is 30.3 Å². The minimum atomic E-state index is -1.13. The molecular formula is C23H19FN4O4. The topological polar surface area (TPSA) is 120 Å². The van der Waals surface area contributed by atoms with Crippen molar-refractivity contribution in [2.45, 2.75) is 6.92 Å². The van der Waals surface area contributed by atoms with E-state index in [1.807, 2.05) is 36.6 Å². The molecule has 0 fully saturated rings. The van der Waals surface area contributed by atoms with Gasteiger partial charge in [0.2, 0.25) is 0 Å². The second-order valence-electron chi connectivity index (χ2n) is 6.68. The number of hydrogen-bond acceptors (Lipinski definition) is 5. The summed E-state index contributed by atoms with van der Waals surface area (Å²) >= 11 is 0. The number of carbonyl (C=O) groups excluding carboxylic acids is 2. The molecule has 0 spiro atoms. The van der Waals surface area contributed by atoms with Crippen LogP contribution in [0.15, 0.2) is 71.8 Å². The largest absolute Gasteiger partial charge is 0.478 e. The minimum Gasteiger partial charge on any atom is -0.478 e. The Balaban J connectivity index is 1.75. The molecular weight excluding hydrogens is 415 g/mol. The molecule has 3 rings (SSSR count). The molecule has 0 aliphatic heterocycles. The molecule has 9 heteroatoms. The number of carboxylic acid groups (broad SMARTS) is 1. The zero-order valence-corrected chi connectivity index (χ0v) is 16.9. The molecule has 0 unspecified atom stereocenters. The van der Waals surface area contributed by atoms with Crippen molar-refractivity contribution in [1.82, 2.24) is 5.43 Å². The van der Waals surface area contributed by atoms with Crippen molar-refractivity contribution in [3.63, 3.8) is 0 Å². The van der Waals surface area contributed by atoms with E-state index < -0.39 is 23.6 Å². The van der Waals surface area contributed by atoms with Crippen LogP contribution in [0, 0.1) is 12.7 Å². The smallest absolute Gasteiger partial charge is 0.335 e. The molecule has 0 radical (unpaired) electrons. The zero-order chi connectivity index (χ0) is 23.1. The number of nitrogens with one attached hydrogen (secondary N) is 3. The van der Waals surface area contributed by atoms with Crippen LogP contribution in [-0.2, 0) is 9.59 Å². The SMILES string of the molecule is Cc1ccccc1Nc1ccc(C(=O)O)cc1/C=N\NC(=O)C(=O)Nc1ccccc1F. The Hall–Kier alpha value is -4.53. The molecule has 32 heavy (non-hydrogen) atoms. The molecule has 0 saturated carbocycles. The number of carbonyl (C=O) groups is 3. The molecule has 0 aromatic heterocycles. The summed E-state index contributed by atoms with van der Waals surface area (Å²) in [5, 5.41) is 18.3. The standard InChI is InChI=1S/C23H19FN4O4/c1-14-6-2-4-8-18(14)26-19-11-10-15(23(31)32)12-16(19)13-25-28-22(30)21(29)27-20-9-5-3-7-17(20)24/h2-13,26H,1H3,(H,27,29)(H,28,30)(H,31,32)/b25-13-. The van der Waals surface area contributed by atoms with Crippen molar-refractivity contribution in [3.05, 3.63) is 89.2 Å². The second-order valence-corrected chi connectivity index (χ2v) is 6.68. The first-order valence-corrected chi connectivity index (χ1v) is 9.44. The van der Waals surface area contributed by atoms with Crippen molar-refractivity contribution in [1.29, 1.82) is 0 Å². The lowest BCUT2D eigenvalue weighted by molar-refractivity contribution is -0.136. The number of amides is 2. The number of benzene rings is 3. The molecule has 0 atom stereocenters. The highest BCUT2D eigenvalue weighted by molar-refractivity contribution is 6.39. The van der Waals surface area contributed by atoms with Crippen LogP contribution in [0.4, 0.5) is 21.5 Å². The van der Waals surface area contributed by atoms with Crippen LogP contribution in [0.25, 0.3) is 0 Å². The van der Waals surface area contributed by atoms with Crippen molar-refractivity contribution >= 4 is 41.1 Å². The molecule has 3 aromatic carbocycles. The number of rotatable bonds is 6. The fraction of sp³-hybridized carbons (Fsp3) is 0.0435. The summed E-state index contributed by atoms with van der Waals surface area (Å²) in [4.78, 5) is 35.2. The van der Waals surface area contributed by atoms with E-state index in [2.05, 4.69) is 15.7 Å². The van der Waals surface area contributed by atoms with Gasteiger partial charge in [0.25, 0.3) is 0 Å². The fourth-order valence-corrected chi connectivity index (χ4v) is 2.73. The molecule has 4 N–H and O–H groups in total. The molecule has 0 bridgehead atoms. The lowest BCUT2D eigenvalue weighted by atomic mass is 10.1. The summed E-state index contributed by atoms with van der Waals surface area (Å²) in [7, 11) is 0. The summed E-state index contributed by atoms with van der Waals surface area (Å²) in [6, 6.07) is 17.3. The Labute approximate surface area is 182 Å². The lowest BCUT2D eigenvalue weighted by Crippen LogP contribution is -2.32. The molecule has 162 valence electrons. The fourth-order valence-electron chi connectivity index (χ4n) is 2.73. The third kappa shape index (κ3) is 5.54. The van der Waals surface area contributed by atoms with Gasteiger partial charge < -0.3 is 15.7 Å². The highest BCUT2D eigenvalue weighted by atomic mass is 19.1. The van der Waals surface area contributed by atoms with Crippen LogP contribution in [0.5, 0.6) is 0 Å². The monoisotopic (exact) mass is 434 g/mol. The molecule has 8 nitrogen and oxygen atoms in total. The number of aryl methyl sites for hydroxylation is 1. The number of nitrogens with zero attached hydrogens (tertiary/aromatic N) is 1. The van der Waals surface area contributed by atoms with Gasteiger partial charge in [-0.3, -0.25) is 9.59 Å². The maximum Gasteiger partial charge on any atom is 0.335 e. The van der Waals surface area contributed by atoms with Crippen LogP contribution in [0.3, 0.4) is 0 Å². The number of carboxylic acids is 1. The van der Waals surface area contributed by atoms with Crippen LogP contribution in [-0.4, -0.2) is 29.1 Å². The molecule has 0 saturated heterocycles. The van der Waals surface area contributed by atoms with E-state index >= 15 is 0 Å². The molecule has 3 aromatic rings. The van der Waals surface area contributed by atoms with Gasteiger partial charge in [0.05, 0.1) is 17.5 Å². The number of hydrazone groups is 1. The summed E-state index contributed by atoms with van der Waals surface area (Å²) in [5.74, 6) is -4.04. The lowest BCUT2D eigenvalue weighted by Gasteiger charge is -2.12. The van der Waals surface area contributed by atoms with Gasteiger partial charge in [-0.2, -0.15) is 5.10 Å². The van der Waals surface area contributed by atoms with Crippen molar-refractivity contribution in [2.24, 2.45) is 5.10 Å². The van der Waals surface area contributed by atoms with Gasteiger partial charge in [-0.25, -0.2) is 14.6 Å². The number of aromatic carboxylic acids is 1. The van der Waals surface area contributed by atoms with Gasteiger partial charge in [0, 0.05) is 16.9 Å². The average molecular weight is 434 g/mol. The van der Waals surface area contributed by atoms with E-state index in [-0.39, 0.29) is 11.3 Å². The third-order valence-electron chi connectivity index (χ3n) is 4.41. The van der Waals surface area contributed by atoms with Crippen LogP contribution < -0.4 is 16.1 Å². The van der Waals surface area contributed by atoms with Crippen molar-refractivity contribution in [2.75, 3.05) is 10.6 Å².